The number of hydrogen-bond acceptors (Lipinski definition) is 7. The number of aryl methyl sites for hydroxylation is 3. The molecule has 35 heavy (non-hydrogen) atoms. The van der Waals surface area contributed by atoms with Crippen LogP contribution < -0.4 is 5.32 Å². The second-order valence-electron chi connectivity index (χ2n) is 8.53. The zero-order valence-electron chi connectivity index (χ0n) is 19.7. The normalized spacial score (nSPS) is 13.5. The van der Waals surface area contributed by atoms with Crippen molar-refractivity contribution in [3.63, 3.8) is 0 Å². The van der Waals surface area contributed by atoms with Crippen LogP contribution in [0.2, 0.25) is 0 Å². The first-order chi connectivity index (χ1) is 16.6. The number of Topliss-reactive ketones (excluding diaryl/α,β-unsaturated/α-hetero) is 1. The van der Waals surface area contributed by atoms with E-state index in [2.05, 4.69) is 10.3 Å². The predicted molar refractivity (Wildman–Crippen MR) is 129 cm³/mol. The van der Waals surface area contributed by atoms with E-state index in [-0.39, 0.29) is 36.0 Å². The van der Waals surface area contributed by atoms with Crippen LogP contribution in [0, 0.1) is 0 Å². The van der Waals surface area contributed by atoms with Gasteiger partial charge in [0.15, 0.2) is 12.4 Å². The topological polar surface area (TPSA) is 128 Å². The molecule has 3 aromatic rings. The fraction of sp³-hybridized carbons (Fsp3) is 0.333. The Morgan fingerprint density at radius 2 is 1.91 bits per heavy atom. The molecule has 0 bridgehead atoms. The van der Waals surface area contributed by atoms with E-state index in [1.165, 1.54) is 26.2 Å². The summed E-state index contributed by atoms with van der Waals surface area (Å²) in [6, 6.07) is 9.72. The maximum absolute atomic E-state index is 12.5. The van der Waals surface area contributed by atoms with Crippen LogP contribution in [-0.2, 0) is 44.2 Å². The number of ether oxygens (including phenoxy) is 1. The molecule has 184 valence electrons. The van der Waals surface area contributed by atoms with Gasteiger partial charge in [0.1, 0.15) is 5.82 Å². The molecule has 1 aliphatic heterocycles. The number of ketones is 1. The van der Waals surface area contributed by atoms with E-state index in [0.717, 1.165) is 15.4 Å². The Morgan fingerprint density at radius 1 is 1.14 bits per heavy atom. The summed E-state index contributed by atoms with van der Waals surface area (Å²) >= 11 is 0. The number of sulfonamides is 1. The lowest BCUT2D eigenvalue weighted by atomic mass is 9.99. The van der Waals surface area contributed by atoms with E-state index < -0.39 is 16.0 Å². The quantitative estimate of drug-likeness (QED) is 0.372. The van der Waals surface area contributed by atoms with Gasteiger partial charge in [-0.05, 0) is 48.4 Å². The van der Waals surface area contributed by atoms with Gasteiger partial charge in [-0.3, -0.25) is 14.4 Å². The zero-order chi connectivity index (χ0) is 25.3. The third-order valence-corrected chi connectivity index (χ3v) is 7.77. The number of imidazole rings is 1. The van der Waals surface area contributed by atoms with Crippen molar-refractivity contribution in [2.24, 2.45) is 7.05 Å². The minimum absolute atomic E-state index is 0.0174. The van der Waals surface area contributed by atoms with E-state index in [1.54, 1.807) is 35.9 Å². The number of amides is 1. The van der Waals surface area contributed by atoms with E-state index in [9.17, 15) is 22.8 Å². The first-order valence-electron chi connectivity index (χ1n) is 11.1. The molecule has 1 aromatic heterocycles. The van der Waals surface area contributed by atoms with Gasteiger partial charge in [0.2, 0.25) is 15.9 Å². The first-order valence-corrected chi connectivity index (χ1v) is 12.5. The van der Waals surface area contributed by atoms with Crippen molar-refractivity contribution < 1.29 is 27.5 Å². The van der Waals surface area contributed by atoms with Gasteiger partial charge in [0.05, 0.1) is 22.3 Å². The van der Waals surface area contributed by atoms with Gasteiger partial charge < -0.3 is 14.6 Å². The largest absolute Gasteiger partial charge is 0.457 e. The summed E-state index contributed by atoms with van der Waals surface area (Å²) in [5, 5.41) is 2.76. The van der Waals surface area contributed by atoms with Crippen LogP contribution >= 0.6 is 0 Å². The predicted octanol–water partition coefficient (Wildman–Crippen LogP) is 2.07. The lowest BCUT2D eigenvalue weighted by Gasteiger charge is -2.17. The Labute approximate surface area is 202 Å². The van der Waals surface area contributed by atoms with Gasteiger partial charge in [-0.15, -0.1) is 0 Å². The summed E-state index contributed by atoms with van der Waals surface area (Å²) in [6.07, 6.45) is 1.22. The van der Waals surface area contributed by atoms with Crippen LogP contribution in [0.3, 0.4) is 0 Å². The molecule has 11 heteroatoms. The fourth-order valence-corrected chi connectivity index (χ4v) is 4.82. The number of fused-ring (bicyclic) bond motifs is 2. The third-order valence-electron chi connectivity index (χ3n) is 5.96. The van der Waals surface area contributed by atoms with Crippen LogP contribution in [-0.4, -0.2) is 60.6 Å². The Kier molecular flexibility index (Phi) is 6.73. The Hall–Kier alpha value is -3.57. The average molecular weight is 499 g/mol. The molecule has 10 nitrogen and oxygen atoms in total. The molecule has 0 aliphatic carbocycles. The number of hydrogen-bond donors (Lipinski definition) is 1. The summed E-state index contributed by atoms with van der Waals surface area (Å²) in [7, 11) is 1.13. The second-order valence-corrected chi connectivity index (χ2v) is 10.7. The summed E-state index contributed by atoms with van der Waals surface area (Å²) in [5.74, 6) is -0.313. The maximum atomic E-state index is 12.5. The maximum Gasteiger partial charge on any atom is 0.306 e. The van der Waals surface area contributed by atoms with Gasteiger partial charge >= 0.3 is 5.97 Å². The SMILES string of the molecule is CN(C)S(=O)(=O)c1ccc2c(c1)nc(CCC(=O)OCC(=O)c1ccc3c(c1)CCC(=O)N3)n2C. The first kappa shape index (κ1) is 24.6. The number of aromatic nitrogens is 2. The molecule has 0 spiro atoms. The number of benzene rings is 2. The molecular weight excluding hydrogens is 472 g/mol. The monoisotopic (exact) mass is 498 g/mol. The summed E-state index contributed by atoms with van der Waals surface area (Å²) in [5.41, 5.74) is 3.25. The van der Waals surface area contributed by atoms with Crippen molar-refractivity contribution in [1.29, 1.82) is 0 Å². The van der Waals surface area contributed by atoms with E-state index in [0.29, 0.717) is 35.4 Å². The van der Waals surface area contributed by atoms with Crippen molar-refractivity contribution in [3.05, 3.63) is 53.3 Å². The Morgan fingerprint density at radius 3 is 2.66 bits per heavy atom. The van der Waals surface area contributed by atoms with Crippen LogP contribution in [0.5, 0.6) is 0 Å². The highest BCUT2D eigenvalue weighted by Crippen LogP contribution is 2.24. The molecule has 1 aliphatic rings. The molecular formula is C24H26N4O6S. The Bertz CT molecular complexity index is 1440. The summed E-state index contributed by atoms with van der Waals surface area (Å²) in [4.78, 5) is 40.8. The molecule has 0 radical (unpaired) electrons. The molecule has 1 N–H and O–H groups in total. The number of carbonyl (C=O) groups excluding carboxylic acids is 3. The van der Waals surface area contributed by atoms with Crippen molar-refractivity contribution in [2.45, 2.75) is 30.6 Å². The highest BCUT2D eigenvalue weighted by atomic mass is 32.2. The van der Waals surface area contributed by atoms with Crippen LogP contribution in [0.15, 0.2) is 41.3 Å². The van der Waals surface area contributed by atoms with Gasteiger partial charge in [-0.1, -0.05) is 0 Å². The van der Waals surface area contributed by atoms with E-state index >= 15 is 0 Å². The van der Waals surface area contributed by atoms with Gasteiger partial charge in [-0.25, -0.2) is 17.7 Å². The third kappa shape index (κ3) is 5.10. The van der Waals surface area contributed by atoms with Gasteiger partial charge in [0, 0.05) is 45.2 Å². The van der Waals surface area contributed by atoms with Crippen molar-refractivity contribution >= 4 is 44.4 Å². The van der Waals surface area contributed by atoms with Crippen molar-refractivity contribution in [1.82, 2.24) is 13.9 Å². The number of nitrogens with zero attached hydrogens (tertiary/aromatic N) is 3. The van der Waals surface area contributed by atoms with Crippen molar-refractivity contribution in [2.75, 3.05) is 26.0 Å². The number of esters is 1. The molecule has 0 saturated carbocycles. The highest BCUT2D eigenvalue weighted by molar-refractivity contribution is 7.89. The smallest absolute Gasteiger partial charge is 0.306 e. The molecule has 1 amide bonds. The second kappa shape index (κ2) is 9.59. The number of nitrogens with one attached hydrogen (secondary N) is 1. The number of anilines is 1. The van der Waals surface area contributed by atoms with Gasteiger partial charge in [-0.2, -0.15) is 0 Å². The molecule has 0 fully saturated rings. The molecule has 0 atom stereocenters. The Balaban J connectivity index is 1.36. The molecule has 0 saturated heterocycles. The number of rotatable bonds is 8. The summed E-state index contributed by atoms with van der Waals surface area (Å²) in [6.45, 7) is -0.377. The van der Waals surface area contributed by atoms with Gasteiger partial charge in [0.25, 0.3) is 0 Å². The lowest BCUT2D eigenvalue weighted by Crippen LogP contribution is -2.22. The van der Waals surface area contributed by atoms with E-state index in [1.807, 2.05) is 0 Å². The molecule has 2 heterocycles. The van der Waals surface area contributed by atoms with Crippen LogP contribution in [0.1, 0.15) is 34.6 Å². The molecule has 2 aromatic carbocycles. The number of carbonyl (C=O) groups is 3. The molecule has 4 rings (SSSR count). The highest BCUT2D eigenvalue weighted by Gasteiger charge is 2.20. The van der Waals surface area contributed by atoms with Crippen LogP contribution in [0.4, 0.5) is 5.69 Å². The minimum atomic E-state index is -3.58. The van der Waals surface area contributed by atoms with Crippen LogP contribution in [0.25, 0.3) is 11.0 Å². The van der Waals surface area contributed by atoms with Crippen molar-refractivity contribution in [3.8, 4) is 0 Å². The lowest BCUT2D eigenvalue weighted by molar-refractivity contribution is -0.142. The average Bonchev–Trinajstić information content (AvgIpc) is 3.15. The zero-order valence-corrected chi connectivity index (χ0v) is 20.5. The minimum Gasteiger partial charge on any atom is -0.457 e. The fourth-order valence-electron chi connectivity index (χ4n) is 3.90. The van der Waals surface area contributed by atoms with E-state index in [4.69, 9.17) is 4.74 Å². The molecule has 0 unspecified atom stereocenters. The standard InChI is InChI=1S/C24H26N4O6S/c1-27(2)35(32,33)17-6-8-20-19(13-17)25-22(28(20)3)9-11-24(31)34-14-21(29)16-4-7-18-15(12-16)5-10-23(30)26-18/h4,6-8,12-13H,5,9-11,14H2,1-3H3,(H,26,30). The summed E-state index contributed by atoms with van der Waals surface area (Å²) < 4.78 is 32.9.